The monoisotopic (exact) mass is 367 g/mol. The van der Waals surface area contributed by atoms with E-state index in [1.54, 1.807) is 6.07 Å². The number of rotatable bonds is 5. The molecule has 1 saturated carbocycles. The normalized spacial score (nSPS) is 20.6. The molecule has 1 saturated heterocycles. The molecule has 0 radical (unpaired) electrons. The van der Waals surface area contributed by atoms with E-state index in [0.29, 0.717) is 17.6 Å². The molecule has 1 amide bonds. The fraction of sp³-hybridized carbons (Fsp3) is 0.632. The van der Waals surface area contributed by atoms with Crippen LogP contribution in [0.4, 0.5) is 4.39 Å². The van der Waals surface area contributed by atoms with Crippen LogP contribution in [0.15, 0.2) is 18.2 Å². The molecule has 0 atom stereocenters. The number of amides is 1. The molecular weight excluding hydrogens is 341 g/mol. The Bertz CT molecular complexity index is 584. The van der Waals surface area contributed by atoms with E-state index in [0.717, 1.165) is 51.1 Å². The molecule has 2 fully saturated rings. The molecule has 25 heavy (non-hydrogen) atoms. The third-order valence-electron chi connectivity index (χ3n) is 5.21. The van der Waals surface area contributed by atoms with Crippen LogP contribution in [0, 0.1) is 5.82 Å². The van der Waals surface area contributed by atoms with Gasteiger partial charge < -0.3 is 5.32 Å². The SMILES string of the molecule is O=C(CN1CCN(Cc2ccc(F)cc2Cl)CC1)NC1CCCCC1. The first-order valence-electron chi connectivity index (χ1n) is 9.28. The van der Waals surface area contributed by atoms with Gasteiger partial charge in [-0.3, -0.25) is 14.6 Å². The van der Waals surface area contributed by atoms with Gasteiger partial charge in [0.1, 0.15) is 5.82 Å². The van der Waals surface area contributed by atoms with Crippen LogP contribution in [-0.4, -0.2) is 54.5 Å². The van der Waals surface area contributed by atoms with E-state index in [1.165, 1.54) is 31.4 Å². The van der Waals surface area contributed by atoms with Crippen molar-refractivity contribution in [2.24, 2.45) is 0 Å². The summed E-state index contributed by atoms with van der Waals surface area (Å²) in [6.45, 7) is 4.74. The number of piperazine rings is 1. The number of carbonyl (C=O) groups is 1. The maximum atomic E-state index is 13.1. The van der Waals surface area contributed by atoms with E-state index >= 15 is 0 Å². The van der Waals surface area contributed by atoms with Gasteiger partial charge in [-0.25, -0.2) is 4.39 Å². The largest absolute Gasteiger partial charge is 0.352 e. The first kappa shape index (κ1) is 18.6. The van der Waals surface area contributed by atoms with Crippen LogP contribution < -0.4 is 5.32 Å². The van der Waals surface area contributed by atoms with E-state index in [9.17, 15) is 9.18 Å². The molecule has 6 heteroatoms. The molecule has 2 aliphatic rings. The maximum absolute atomic E-state index is 13.1. The molecule has 3 rings (SSSR count). The van der Waals surface area contributed by atoms with Gasteiger partial charge in [0.15, 0.2) is 0 Å². The van der Waals surface area contributed by atoms with E-state index in [4.69, 9.17) is 11.6 Å². The minimum Gasteiger partial charge on any atom is -0.352 e. The van der Waals surface area contributed by atoms with Gasteiger partial charge in [-0.2, -0.15) is 0 Å². The summed E-state index contributed by atoms with van der Waals surface area (Å²) in [5.74, 6) is -0.149. The highest BCUT2D eigenvalue weighted by Gasteiger charge is 2.21. The number of hydrogen-bond acceptors (Lipinski definition) is 3. The van der Waals surface area contributed by atoms with Crippen molar-refractivity contribution in [3.8, 4) is 0 Å². The van der Waals surface area contributed by atoms with Gasteiger partial charge in [0.25, 0.3) is 0 Å². The summed E-state index contributed by atoms with van der Waals surface area (Å²) in [6.07, 6.45) is 6.01. The Morgan fingerprint density at radius 3 is 2.48 bits per heavy atom. The van der Waals surface area contributed by atoms with E-state index in [2.05, 4.69) is 15.1 Å². The van der Waals surface area contributed by atoms with E-state index in [1.807, 2.05) is 0 Å². The highest BCUT2D eigenvalue weighted by atomic mass is 35.5. The lowest BCUT2D eigenvalue weighted by Gasteiger charge is -2.34. The Morgan fingerprint density at radius 2 is 1.80 bits per heavy atom. The number of hydrogen-bond donors (Lipinski definition) is 1. The molecule has 1 aromatic carbocycles. The Labute approximate surface area is 154 Å². The van der Waals surface area contributed by atoms with Crippen LogP contribution in [-0.2, 0) is 11.3 Å². The minimum absolute atomic E-state index is 0.155. The molecular formula is C19H27ClFN3O. The van der Waals surface area contributed by atoms with Crippen molar-refractivity contribution < 1.29 is 9.18 Å². The highest BCUT2D eigenvalue weighted by molar-refractivity contribution is 6.31. The molecule has 0 bridgehead atoms. The van der Waals surface area contributed by atoms with Gasteiger partial charge in [-0.05, 0) is 30.5 Å². The topological polar surface area (TPSA) is 35.6 Å². The Kier molecular flexibility index (Phi) is 6.68. The van der Waals surface area contributed by atoms with Crippen LogP contribution in [0.25, 0.3) is 0 Å². The minimum atomic E-state index is -0.303. The Morgan fingerprint density at radius 1 is 1.12 bits per heavy atom. The third kappa shape index (κ3) is 5.66. The summed E-state index contributed by atoms with van der Waals surface area (Å²) < 4.78 is 13.1. The zero-order valence-electron chi connectivity index (χ0n) is 14.6. The summed E-state index contributed by atoms with van der Waals surface area (Å²) >= 11 is 6.11. The fourth-order valence-electron chi connectivity index (χ4n) is 3.72. The van der Waals surface area contributed by atoms with Crippen molar-refractivity contribution >= 4 is 17.5 Å². The number of nitrogens with zero attached hydrogens (tertiary/aromatic N) is 2. The molecule has 1 N–H and O–H groups in total. The van der Waals surface area contributed by atoms with E-state index in [-0.39, 0.29) is 11.7 Å². The molecule has 1 aromatic rings. The third-order valence-corrected chi connectivity index (χ3v) is 5.56. The maximum Gasteiger partial charge on any atom is 0.234 e. The first-order chi connectivity index (χ1) is 12.1. The van der Waals surface area contributed by atoms with Gasteiger partial charge in [0.05, 0.1) is 6.54 Å². The van der Waals surface area contributed by atoms with Gasteiger partial charge in [-0.15, -0.1) is 0 Å². The van der Waals surface area contributed by atoms with Gasteiger partial charge in [0, 0.05) is 43.8 Å². The molecule has 1 heterocycles. The van der Waals surface area contributed by atoms with Crippen molar-refractivity contribution in [3.05, 3.63) is 34.6 Å². The summed E-state index contributed by atoms with van der Waals surface area (Å²) in [5, 5.41) is 3.66. The molecule has 1 aliphatic carbocycles. The Balaban J connectivity index is 1.40. The second-order valence-corrected chi connectivity index (χ2v) is 7.60. The van der Waals surface area contributed by atoms with Crippen LogP contribution in [0.3, 0.4) is 0 Å². The van der Waals surface area contributed by atoms with Crippen molar-refractivity contribution in [2.75, 3.05) is 32.7 Å². The molecule has 1 aliphatic heterocycles. The number of halogens is 2. The second kappa shape index (κ2) is 8.97. The van der Waals surface area contributed by atoms with Crippen molar-refractivity contribution in [1.82, 2.24) is 15.1 Å². The van der Waals surface area contributed by atoms with Crippen LogP contribution in [0.5, 0.6) is 0 Å². The average molecular weight is 368 g/mol. The lowest BCUT2D eigenvalue weighted by atomic mass is 9.95. The fourth-order valence-corrected chi connectivity index (χ4v) is 3.95. The van der Waals surface area contributed by atoms with Gasteiger partial charge in [0.2, 0.25) is 5.91 Å². The predicted molar refractivity (Wildman–Crippen MR) is 98.1 cm³/mol. The highest BCUT2D eigenvalue weighted by Crippen LogP contribution is 2.20. The smallest absolute Gasteiger partial charge is 0.234 e. The van der Waals surface area contributed by atoms with Gasteiger partial charge in [-0.1, -0.05) is 36.9 Å². The van der Waals surface area contributed by atoms with Crippen LogP contribution in [0.1, 0.15) is 37.7 Å². The molecule has 4 nitrogen and oxygen atoms in total. The van der Waals surface area contributed by atoms with E-state index < -0.39 is 0 Å². The van der Waals surface area contributed by atoms with Crippen molar-refractivity contribution in [2.45, 2.75) is 44.7 Å². The number of nitrogens with one attached hydrogen (secondary N) is 1. The number of carbonyl (C=O) groups excluding carboxylic acids is 1. The predicted octanol–water partition coefficient (Wildman–Crippen LogP) is 3.05. The zero-order chi connectivity index (χ0) is 17.6. The lowest BCUT2D eigenvalue weighted by Crippen LogP contribution is -2.50. The molecule has 138 valence electrons. The van der Waals surface area contributed by atoms with Crippen LogP contribution >= 0.6 is 11.6 Å². The average Bonchev–Trinajstić information content (AvgIpc) is 2.60. The standard InChI is InChI=1S/C19H27ClFN3O/c20-18-12-16(21)7-6-15(18)13-23-8-10-24(11-9-23)14-19(25)22-17-4-2-1-3-5-17/h6-7,12,17H,1-5,8-11,13-14H2,(H,22,25). The summed E-state index contributed by atoms with van der Waals surface area (Å²) in [4.78, 5) is 16.7. The lowest BCUT2D eigenvalue weighted by molar-refractivity contribution is -0.123. The second-order valence-electron chi connectivity index (χ2n) is 7.19. The first-order valence-corrected chi connectivity index (χ1v) is 9.66. The van der Waals surface area contributed by atoms with Crippen molar-refractivity contribution in [3.63, 3.8) is 0 Å². The Hall–Kier alpha value is -1.17. The molecule has 0 aromatic heterocycles. The molecule has 0 spiro atoms. The quantitative estimate of drug-likeness (QED) is 0.868. The number of benzene rings is 1. The summed E-state index contributed by atoms with van der Waals surface area (Å²) in [6, 6.07) is 4.94. The molecule has 0 unspecified atom stereocenters. The van der Waals surface area contributed by atoms with Crippen molar-refractivity contribution in [1.29, 1.82) is 0 Å². The summed E-state index contributed by atoms with van der Waals surface area (Å²) in [7, 11) is 0. The van der Waals surface area contributed by atoms with Gasteiger partial charge >= 0.3 is 0 Å². The van der Waals surface area contributed by atoms with Crippen LogP contribution in [0.2, 0.25) is 5.02 Å². The zero-order valence-corrected chi connectivity index (χ0v) is 15.4. The summed E-state index contributed by atoms with van der Waals surface area (Å²) in [5.41, 5.74) is 0.951.